The number of hydrogen-bond donors (Lipinski definition) is 0. The molecule has 0 atom stereocenters. The van der Waals surface area contributed by atoms with E-state index in [1.165, 1.54) is 6.08 Å². The minimum Gasteiger partial charge on any atom is -0.372 e. The molecule has 1 aromatic carbocycles. The van der Waals surface area contributed by atoms with Gasteiger partial charge in [0.05, 0.1) is 4.92 Å². The van der Waals surface area contributed by atoms with Crippen molar-refractivity contribution in [2.24, 2.45) is 0 Å². The smallest absolute Gasteiger partial charge is 0.235 e. The van der Waals surface area contributed by atoms with E-state index in [1.54, 1.807) is 12.1 Å². The van der Waals surface area contributed by atoms with Gasteiger partial charge in [0.25, 0.3) is 0 Å². The monoisotopic (exact) mass is 252 g/mol. The number of halogens is 1. The van der Waals surface area contributed by atoms with Crippen molar-refractivity contribution >= 4 is 11.8 Å². The normalized spacial score (nSPS) is 10.8. The van der Waals surface area contributed by atoms with E-state index in [1.807, 2.05) is 19.9 Å². The Balaban J connectivity index is 3.06. The van der Waals surface area contributed by atoms with Gasteiger partial charge in [0.1, 0.15) is 6.67 Å². The summed E-state index contributed by atoms with van der Waals surface area (Å²) in [5.74, 6) is 0. The molecule has 0 N–H and O–H groups in total. The molecule has 1 rings (SSSR count). The highest BCUT2D eigenvalue weighted by Gasteiger charge is 2.06. The lowest BCUT2D eigenvalue weighted by Crippen LogP contribution is -2.21. The summed E-state index contributed by atoms with van der Waals surface area (Å²) in [6, 6.07) is 5.31. The number of rotatable bonds is 6. The van der Waals surface area contributed by atoms with E-state index in [4.69, 9.17) is 0 Å². The quantitative estimate of drug-likeness (QED) is 0.576. The fourth-order valence-electron chi connectivity index (χ4n) is 1.80. The van der Waals surface area contributed by atoms with Crippen molar-refractivity contribution < 1.29 is 9.31 Å². The lowest BCUT2D eigenvalue weighted by atomic mass is 10.1. The molecule has 18 heavy (non-hydrogen) atoms. The van der Waals surface area contributed by atoms with Gasteiger partial charge < -0.3 is 4.90 Å². The molecule has 0 saturated heterocycles. The van der Waals surface area contributed by atoms with E-state index in [0.29, 0.717) is 11.1 Å². The second-order valence-corrected chi connectivity index (χ2v) is 3.79. The van der Waals surface area contributed by atoms with Gasteiger partial charge in [0.15, 0.2) is 0 Å². The predicted octanol–water partition coefficient (Wildman–Crippen LogP) is 3.25. The topological polar surface area (TPSA) is 46.4 Å². The van der Waals surface area contributed by atoms with Crippen LogP contribution in [0.2, 0.25) is 0 Å². The first-order chi connectivity index (χ1) is 8.62. The molecule has 98 valence electrons. The summed E-state index contributed by atoms with van der Waals surface area (Å²) >= 11 is 0. The van der Waals surface area contributed by atoms with Crippen molar-refractivity contribution in [1.82, 2.24) is 0 Å². The maximum atomic E-state index is 12.9. The second kappa shape index (κ2) is 6.74. The average Bonchev–Trinajstić information content (AvgIpc) is 2.38. The molecule has 0 aromatic heterocycles. The first-order valence-electron chi connectivity index (χ1n) is 5.87. The molecule has 0 radical (unpaired) electrons. The number of anilines is 1. The molecule has 0 aliphatic heterocycles. The summed E-state index contributed by atoms with van der Waals surface area (Å²) in [5, 5.41) is 10.3. The Morgan fingerprint density at radius 1 is 1.39 bits per heavy atom. The summed E-state index contributed by atoms with van der Waals surface area (Å²) in [4.78, 5) is 11.8. The van der Waals surface area contributed by atoms with Crippen molar-refractivity contribution in [3.63, 3.8) is 0 Å². The van der Waals surface area contributed by atoms with Gasteiger partial charge in [-0.25, -0.2) is 4.39 Å². The molecule has 4 nitrogen and oxygen atoms in total. The fourth-order valence-corrected chi connectivity index (χ4v) is 1.80. The Bertz CT molecular complexity index is 443. The third-order valence-electron chi connectivity index (χ3n) is 2.77. The van der Waals surface area contributed by atoms with Crippen LogP contribution in [-0.4, -0.2) is 18.0 Å². The molecule has 0 unspecified atom stereocenters. The zero-order chi connectivity index (χ0) is 13.5. The molecule has 0 heterocycles. The first-order valence-corrected chi connectivity index (χ1v) is 5.87. The maximum absolute atomic E-state index is 12.9. The van der Waals surface area contributed by atoms with E-state index in [2.05, 4.69) is 4.90 Å². The summed E-state index contributed by atoms with van der Waals surface area (Å²) in [6.07, 6.45) is 2.15. The average molecular weight is 252 g/mol. The molecular formula is C13H17FN2O2. The molecular weight excluding hydrogens is 235 g/mol. The number of benzene rings is 1. The minimum atomic E-state index is -0.632. The lowest BCUT2D eigenvalue weighted by molar-refractivity contribution is -0.400. The summed E-state index contributed by atoms with van der Waals surface area (Å²) < 4.78 is 12.9. The number of nitrogens with zero attached hydrogens (tertiary/aromatic N) is 2. The van der Waals surface area contributed by atoms with Gasteiger partial charge in [0.2, 0.25) is 6.20 Å². The van der Waals surface area contributed by atoms with Crippen LogP contribution in [-0.2, 0) is 6.67 Å². The highest BCUT2D eigenvalue weighted by atomic mass is 19.1. The summed E-state index contributed by atoms with van der Waals surface area (Å²) in [7, 11) is 0. The Kier molecular flexibility index (Phi) is 5.30. The highest BCUT2D eigenvalue weighted by molar-refractivity contribution is 5.59. The van der Waals surface area contributed by atoms with Crippen LogP contribution in [0.5, 0.6) is 0 Å². The Morgan fingerprint density at radius 3 is 2.56 bits per heavy atom. The SMILES string of the molecule is CCN(CC)c1ccc(/C=C\[N+](=O)[O-])c(CF)c1. The van der Waals surface area contributed by atoms with Crippen molar-refractivity contribution in [3.8, 4) is 0 Å². The molecule has 0 amide bonds. The molecule has 0 spiro atoms. The van der Waals surface area contributed by atoms with E-state index < -0.39 is 11.6 Å². The third kappa shape index (κ3) is 3.55. The first kappa shape index (κ1) is 14.2. The van der Waals surface area contributed by atoms with Gasteiger partial charge in [-0.15, -0.1) is 0 Å². The van der Waals surface area contributed by atoms with Crippen molar-refractivity contribution in [2.45, 2.75) is 20.5 Å². The lowest BCUT2D eigenvalue weighted by Gasteiger charge is -2.21. The van der Waals surface area contributed by atoms with Gasteiger partial charge >= 0.3 is 0 Å². The molecule has 0 saturated carbocycles. The zero-order valence-corrected chi connectivity index (χ0v) is 10.6. The van der Waals surface area contributed by atoms with E-state index >= 15 is 0 Å². The van der Waals surface area contributed by atoms with E-state index in [9.17, 15) is 14.5 Å². The van der Waals surface area contributed by atoms with Crippen molar-refractivity contribution in [2.75, 3.05) is 18.0 Å². The standard InChI is InChI=1S/C13H17FN2O2/c1-3-15(4-2)13-6-5-11(7-8-16(17)18)12(9-13)10-14/h5-9H,3-4,10H2,1-2H3/b8-7-. The molecule has 0 aliphatic carbocycles. The molecule has 1 aromatic rings. The second-order valence-electron chi connectivity index (χ2n) is 3.79. The van der Waals surface area contributed by atoms with Crippen LogP contribution in [0.25, 0.3) is 6.08 Å². The molecule has 0 fully saturated rings. The summed E-state index contributed by atoms with van der Waals surface area (Å²) in [5.41, 5.74) is 1.95. The fraction of sp³-hybridized carbons (Fsp3) is 0.385. The minimum absolute atomic E-state index is 0.470. The Labute approximate surface area is 106 Å². The van der Waals surface area contributed by atoms with Gasteiger partial charge in [0, 0.05) is 24.9 Å². The van der Waals surface area contributed by atoms with Crippen LogP contribution in [0.3, 0.4) is 0 Å². The predicted molar refractivity (Wildman–Crippen MR) is 70.8 cm³/mol. The summed E-state index contributed by atoms with van der Waals surface area (Å²) in [6.45, 7) is 5.10. The van der Waals surface area contributed by atoms with Gasteiger partial charge in [-0.2, -0.15) is 0 Å². The van der Waals surface area contributed by atoms with Crippen LogP contribution in [0.4, 0.5) is 10.1 Å². The van der Waals surface area contributed by atoms with Gasteiger partial charge in [-0.05, 0) is 37.1 Å². The van der Waals surface area contributed by atoms with Crippen LogP contribution < -0.4 is 4.90 Å². The van der Waals surface area contributed by atoms with Gasteiger partial charge in [-0.1, -0.05) is 6.07 Å². The number of hydrogen-bond acceptors (Lipinski definition) is 3. The third-order valence-corrected chi connectivity index (χ3v) is 2.77. The number of nitro groups is 1. The largest absolute Gasteiger partial charge is 0.372 e. The molecule has 0 aliphatic rings. The molecule has 5 heteroatoms. The van der Waals surface area contributed by atoms with E-state index in [-0.39, 0.29) is 0 Å². The molecule has 0 bridgehead atoms. The van der Waals surface area contributed by atoms with Crippen LogP contribution in [0.15, 0.2) is 24.4 Å². The number of alkyl halides is 1. The van der Waals surface area contributed by atoms with Gasteiger partial charge in [-0.3, -0.25) is 10.1 Å². The van der Waals surface area contributed by atoms with E-state index in [0.717, 1.165) is 25.0 Å². The Morgan fingerprint density at radius 2 is 2.06 bits per heavy atom. The Hall–Kier alpha value is -1.91. The van der Waals surface area contributed by atoms with Crippen molar-refractivity contribution in [3.05, 3.63) is 45.6 Å². The maximum Gasteiger partial charge on any atom is 0.235 e. The zero-order valence-electron chi connectivity index (χ0n) is 10.6. The highest BCUT2D eigenvalue weighted by Crippen LogP contribution is 2.21. The van der Waals surface area contributed by atoms with Crippen LogP contribution in [0.1, 0.15) is 25.0 Å². The van der Waals surface area contributed by atoms with Crippen molar-refractivity contribution in [1.29, 1.82) is 0 Å². The van der Waals surface area contributed by atoms with Crippen LogP contribution >= 0.6 is 0 Å². The van der Waals surface area contributed by atoms with Crippen LogP contribution in [0, 0.1) is 10.1 Å².